The Morgan fingerprint density at radius 3 is 2.67 bits per heavy atom. The summed E-state index contributed by atoms with van der Waals surface area (Å²) in [5.74, 6) is 1.18. The molecule has 2 fully saturated rings. The maximum Gasteiger partial charge on any atom is 0.189 e. The van der Waals surface area contributed by atoms with Gasteiger partial charge in [-0.3, -0.25) is 4.99 Å². The van der Waals surface area contributed by atoms with Crippen molar-refractivity contribution in [1.29, 1.82) is 0 Å². The Bertz CT molecular complexity index is 299. The third kappa shape index (κ3) is 3.37. The third-order valence-corrected chi connectivity index (χ3v) is 4.43. The highest BCUT2D eigenvalue weighted by molar-refractivity contribution is 5.79. The van der Waals surface area contributed by atoms with E-state index in [1.807, 2.05) is 0 Å². The lowest BCUT2D eigenvalue weighted by Crippen LogP contribution is -2.56. The van der Waals surface area contributed by atoms with Crippen LogP contribution in [0.25, 0.3) is 0 Å². The highest BCUT2D eigenvalue weighted by Crippen LogP contribution is 2.32. The van der Waals surface area contributed by atoms with Crippen LogP contribution in [-0.4, -0.2) is 29.3 Å². The minimum Gasteiger partial charge on any atom is -0.394 e. The van der Waals surface area contributed by atoms with Crippen molar-refractivity contribution in [2.45, 2.75) is 69.9 Å². The van der Waals surface area contributed by atoms with E-state index < -0.39 is 0 Å². The van der Waals surface area contributed by atoms with E-state index in [2.05, 4.69) is 17.2 Å². The topological polar surface area (TPSA) is 70.6 Å². The highest BCUT2D eigenvalue weighted by Gasteiger charge is 2.34. The number of guanidine groups is 1. The molecule has 0 bridgehead atoms. The van der Waals surface area contributed by atoms with Crippen LogP contribution in [0.5, 0.6) is 0 Å². The fourth-order valence-corrected chi connectivity index (χ4v) is 3.49. The van der Waals surface area contributed by atoms with Gasteiger partial charge in [-0.1, -0.05) is 32.6 Å². The molecule has 18 heavy (non-hydrogen) atoms. The summed E-state index contributed by atoms with van der Waals surface area (Å²) >= 11 is 0. The fraction of sp³-hybridized carbons (Fsp3) is 0.929. The van der Waals surface area contributed by atoms with Gasteiger partial charge >= 0.3 is 0 Å². The Hall–Kier alpha value is -0.770. The molecule has 104 valence electrons. The molecule has 0 spiro atoms. The minimum absolute atomic E-state index is 0.151. The molecule has 0 aromatic heterocycles. The molecule has 0 aromatic carbocycles. The number of rotatable bonds is 3. The average Bonchev–Trinajstić information content (AvgIpc) is 2.81. The van der Waals surface area contributed by atoms with E-state index in [-0.39, 0.29) is 12.1 Å². The molecule has 2 rings (SSSR count). The molecule has 4 heteroatoms. The van der Waals surface area contributed by atoms with Crippen molar-refractivity contribution < 1.29 is 5.11 Å². The lowest BCUT2D eigenvalue weighted by atomic mass is 9.77. The molecule has 0 aliphatic heterocycles. The molecule has 0 saturated heterocycles. The van der Waals surface area contributed by atoms with E-state index in [9.17, 15) is 5.11 Å². The molecule has 2 unspecified atom stereocenters. The van der Waals surface area contributed by atoms with Crippen molar-refractivity contribution in [3.63, 3.8) is 0 Å². The summed E-state index contributed by atoms with van der Waals surface area (Å²) in [6.45, 7) is 2.40. The summed E-state index contributed by atoms with van der Waals surface area (Å²) in [6, 6.07) is 0.397. The second kappa shape index (κ2) is 5.91. The molecule has 4 nitrogen and oxygen atoms in total. The van der Waals surface area contributed by atoms with E-state index in [0.29, 0.717) is 17.9 Å². The van der Waals surface area contributed by atoms with Crippen LogP contribution in [0.1, 0.15) is 58.3 Å². The number of aliphatic hydroxyl groups is 1. The lowest BCUT2D eigenvalue weighted by molar-refractivity contribution is 0.116. The predicted octanol–water partition coefficient (Wildman–Crippen LogP) is 1.77. The summed E-state index contributed by atoms with van der Waals surface area (Å²) in [5.41, 5.74) is 5.79. The van der Waals surface area contributed by atoms with Gasteiger partial charge in [0.2, 0.25) is 0 Å². The smallest absolute Gasteiger partial charge is 0.189 e. The van der Waals surface area contributed by atoms with Gasteiger partial charge < -0.3 is 16.2 Å². The Morgan fingerprint density at radius 1 is 1.33 bits per heavy atom. The molecule has 0 amide bonds. The molecule has 2 aliphatic carbocycles. The van der Waals surface area contributed by atoms with Crippen molar-refractivity contribution in [2.75, 3.05) is 6.61 Å². The molecule has 2 saturated carbocycles. The standard InChI is InChI=1S/C14H27N3O/c1-11-5-4-8-14(9-11,10-18)17-13(15)16-12-6-2-3-7-12/h11-12,18H,2-10H2,1H3,(H3,15,16,17). The van der Waals surface area contributed by atoms with Crippen LogP contribution in [0.4, 0.5) is 0 Å². The van der Waals surface area contributed by atoms with Crippen LogP contribution in [0, 0.1) is 5.92 Å². The molecule has 2 aliphatic rings. The SMILES string of the molecule is CC1CCCC(CO)(NC(N)=NC2CCCC2)C1. The van der Waals surface area contributed by atoms with E-state index >= 15 is 0 Å². The van der Waals surface area contributed by atoms with Gasteiger partial charge in [-0.25, -0.2) is 0 Å². The third-order valence-electron chi connectivity index (χ3n) is 4.43. The van der Waals surface area contributed by atoms with Crippen LogP contribution in [-0.2, 0) is 0 Å². The number of hydrogen-bond acceptors (Lipinski definition) is 2. The van der Waals surface area contributed by atoms with Gasteiger partial charge in [0.25, 0.3) is 0 Å². The summed E-state index contributed by atoms with van der Waals surface area (Å²) in [6.07, 6.45) is 9.25. The van der Waals surface area contributed by atoms with Crippen LogP contribution >= 0.6 is 0 Å². The van der Waals surface area contributed by atoms with Crippen molar-refractivity contribution in [1.82, 2.24) is 5.32 Å². The molecular weight excluding hydrogens is 226 g/mol. The number of aliphatic imine (C=N–C) groups is 1. The summed E-state index contributed by atoms with van der Waals surface area (Å²) in [5, 5.41) is 13.0. The second-order valence-electron chi connectivity index (χ2n) is 6.22. The average molecular weight is 253 g/mol. The van der Waals surface area contributed by atoms with Crippen molar-refractivity contribution in [2.24, 2.45) is 16.6 Å². The Morgan fingerprint density at radius 2 is 2.06 bits per heavy atom. The first-order chi connectivity index (χ1) is 8.63. The summed E-state index contributed by atoms with van der Waals surface area (Å²) in [4.78, 5) is 4.56. The normalized spacial score (nSPS) is 34.8. The van der Waals surface area contributed by atoms with Crippen LogP contribution < -0.4 is 11.1 Å². The first-order valence-corrected chi connectivity index (χ1v) is 7.36. The van der Waals surface area contributed by atoms with Crippen LogP contribution in [0.15, 0.2) is 4.99 Å². The fourth-order valence-electron chi connectivity index (χ4n) is 3.49. The summed E-state index contributed by atoms with van der Waals surface area (Å²) in [7, 11) is 0. The lowest BCUT2D eigenvalue weighted by Gasteiger charge is -2.39. The van der Waals surface area contributed by atoms with Crippen LogP contribution in [0.3, 0.4) is 0 Å². The zero-order valence-electron chi connectivity index (χ0n) is 11.5. The van der Waals surface area contributed by atoms with Gasteiger partial charge in [0.15, 0.2) is 5.96 Å². The summed E-state index contributed by atoms with van der Waals surface area (Å²) < 4.78 is 0. The number of nitrogens with zero attached hydrogens (tertiary/aromatic N) is 1. The molecule has 0 heterocycles. The Labute approximate surface area is 110 Å². The second-order valence-corrected chi connectivity index (χ2v) is 6.22. The predicted molar refractivity (Wildman–Crippen MR) is 74.5 cm³/mol. The van der Waals surface area contributed by atoms with Gasteiger partial charge in [-0.2, -0.15) is 0 Å². The van der Waals surface area contributed by atoms with Gasteiger partial charge in [-0.05, 0) is 31.6 Å². The van der Waals surface area contributed by atoms with E-state index in [0.717, 1.165) is 32.1 Å². The largest absolute Gasteiger partial charge is 0.394 e. The number of nitrogens with two attached hydrogens (primary N) is 1. The van der Waals surface area contributed by atoms with Crippen LogP contribution in [0.2, 0.25) is 0 Å². The monoisotopic (exact) mass is 253 g/mol. The first-order valence-electron chi connectivity index (χ1n) is 7.36. The molecule has 4 N–H and O–H groups in total. The van der Waals surface area contributed by atoms with E-state index in [4.69, 9.17) is 5.73 Å². The number of nitrogens with one attached hydrogen (secondary N) is 1. The molecule has 2 atom stereocenters. The first kappa shape index (κ1) is 13.7. The molecular formula is C14H27N3O. The Kier molecular flexibility index (Phi) is 4.49. The minimum atomic E-state index is -0.232. The van der Waals surface area contributed by atoms with Crippen molar-refractivity contribution >= 4 is 5.96 Å². The van der Waals surface area contributed by atoms with Gasteiger partial charge in [0, 0.05) is 0 Å². The molecule has 0 radical (unpaired) electrons. The zero-order chi connectivity index (χ0) is 13.0. The van der Waals surface area contributed by atoms with Gasteiger partial charge in [0.1, 0.15) is 0 Å². The zero-order valence-corrected chi connectivity index (χ0v) is 11.5. The molecule has 0 aromatic rings. The Balaban J connectivity index is 1.96. The van der Waals surface area contributed by atoms with Gasteiger partial charge in [-0.15, -0.1) is 0 Å². The maximum atomic E-state index is 9.70. The highest BCUT2D eigenvalue weighted by atomic mass is 16.3. The van der Waals surface area contributed by atoms with E-state index in [1.165, 1.54) is 19.3 Å². The number of hydrogen-bond donors (Lipinski definition) is 3. The van der Waals surface area contributed by atoms with E-state index in [1.54, 1.807) is 0 Å². The maximum absolute atomic E-state index is 9.70. The quantitative estimate of drug-likeness (QED) is 0.530. The van der Waals surface area contributed by atoms with Gasteiger partial charge in [0.05, 0.1) is 18.2 Å². The van der Waals surface area contributed by atoms with Crippen molar-refractivity contribution in [3.05, 3.63) is 0 Å². The van der Waals surface area contributed by atoms with Crippen molar-refractivity contribution in [3.8, 4) is 0 Å². The number of aliphatic hydroxyl groups excluding tert-OH is 1.